The van der Waals surface area contributed by atoms with E-state index in [9.17, 15) is 4.79 Å². The van der Waals surface area contributed by atoms with Crippen molar-refractivity contribution in [2.24, 2.45) is 0 Å². The second-order valence-electron chi connectivity index (χ2n) is 6.97. The van der Waals surface area contributed by atoms with E-state index in [2.05, 4.69) is 34.1 Å². The summed E-state index contributed by atoms with van der Waals surface area (Å²) in [5, 5.41) is 0. The van der Waals surface area contributed by atoms with E-state index in [0.29, 0.717) is 19.0 Å². The first-order chi connectivity index (χ1) is 12.3. The summed E-state index contributed by atoms with van der Waals surface area (Å²) >= 11 is 0. The lowest BCUT2D eigenvalue weighted by atomic mass is 9.93. The molecule has 25 heavy (non-hydrogen) atoms. The Kier molecular flexibility index (Phi) is 6.61. The molecule has 1 heterocycles. The van der Waals surface area contributed by atoms with Gasteiger partial charge < -0.3 is 4.90 Å². The monoisotopic (exact) mass is 336 g/mol. The second-order valence-corrected chi connectivity index (χ2v) is 6.97. The fraction of sp³-hybridized carbons (Fsp3) is 0.455. The molecule has 3 rings (SSSR count). The molecule has 1 aromatic heterocycles. The van der Waals surface area contributed by atoms with Crippen LogP contribution in [0.3, 0.4) is 0 Å². The van der Waals surface area contributed by atoms with Crippen molar-refractivity contribution in [2.75, 3.05) is 0 Å². The largest absolute Gasteiger partial charge is 0.334 e. The number of benzene rings is 1. The van der Waals surface area contributed by atoms with Gasteiger partial charge >= 0.3 is 0 Å². The molecule has 2 aromatic rings. The molecule has 0 saturated heterocycles. The Morgan fingerprint density at radius 1 is 1.00 bits per heavy atom. The van der Waals surface area contributed by atoms with E-state index in [1.807, 2.05) is 30.5 Å². The summed E-state index contributed by atoms with van der Waals surface area (Å²) in [7, 11) is 0. The van der Waals surface area contributed by atoms with E-state index in [4.69, 9.17) is 0 Å². The van der Waals surface area contributed by atoms with Crippen LogP contribution in [0.1, 0.15) is 56.2 Å². The Morgan fingerprint density at radius 2 is 1.76 bits per heavy atom. The molecule has 1 amide bonds. The van der Waals surface area contributed by atoms with E-state index in [1.165, 1.54) is 24.8 Å². The molecule has 0 unspecified atom stereocenters. The van der Waals surface area contributed by atoms with E-state index in [1.54, 1.807) is 0 Å². The van der Waals surface area contributed by atoms with Crippen LogP contribution in [0, 0.1) is 0 Å². The number of nitrogens with zero attached hydrogens (tertiary/aromatic N) is 2. The third-order valence-corrected chi connectivity index (χ3v) is 5.09. The first-order valence-electron chi connectivity index (χ1n) is 9.56. The molecule has 3 nitrogen and oxygen atoms in total. The third-order valence-electron chi connectivity index (χ3n) is 5.09. The minimum absolute atomic E-state index is 0.286. The number of aromatic nitrogens is 1. The van der Waals surface area contributed by atoms with Crippen LogP contribution >= 0.6 is 0 Å². The van der Waals surface area contributed by atoms with Crippen molar-refractivity contribution < 1.29 is 4.79 Å². The van der Waals surface area contributed by atoms with Crippen LogP contribution in [0.5, 0.6) is 0 Å². The Hall–Kier alpha value is -2.16. The van der Waals surface area contributed by atoms with Gasteiger partial charge in [-0.3, -0.25) is 9.78 Å². The molecule has 3 heteroatoms. The summed E-state index contributed by atoms with van der Waals surface area (Å²) in [5.41, 5.74) is 2.30. The Bertz CT molecular complexity index is 636. The molecular formula is C22H28N2O. The number of amides is 1. The van der Waals surface area contributed by atoms with E-state index < -0.39 is 0 Å². The van der Waals surface area contributed by atoms with Gasteiger partial charge in [-0.05, 0) is 43.4 Å². The van der Waals surface area contributed by atoms with Gasteiger partial charge in [-0.2, -0.15) is 0 Å². The predicted molar refractivity (Wildman–Crippen MR) is 101 cm³/mol. The second kappa shape index (κ2) is 9.36. The van der Waals surface area contributed by atoms with Gasteiger partial charge in [-0.1, -0.05) is 55.7 Å². The van der Waals surface area contributed by atoms with Crippen LogP contribution in [-0.2, 0) is 17.8 Å². The lowest BCUT2D eigenvalue weighted by Crippen LogP contribution is -2.41. The first kappa shape index (κ1) is 17.7. The number of aryl methyl sites for hydroxylation is 1. The maximum Gasteiger partial charge on any atom is 0.223 e. The van der Waals surface area contributed by atoms with Crippen LogP contribution in [0.15, 0.2) is 54.7 Å². The van der Waals surface area contributed by atoms with Gasteiger partial charge in [0.05, 0.1) is 12.2 Å². The number of carbonyl (C=O) groups excluding carboxylic acids is 1. The van der Waals surface area contributed by atoms with Crippen LogP contribution in [0.4, 0.5) is 0 Å². The van der Waals surface area contributed by atoms with Gasteiger partial charge in [-0.25, -0.2) is 0 Å². The normalized spacial score (nSPS) is 15.0. The van der Waals surface area contributed by atoms with Gasteiger partial charge in [0, 0.05) is 18.7 Å². The van der Waals surface area contributed by atoms with Crippen molar-refractivity contribution in [1.82, 2.24) is 9.88 Å². The Labute approximate surface area is 151 Å². The van der Waals surface area contributed by atoms with Gasteiger partial charge in [0.15, 0.2) is 0 Å². The average molecular weight is 336 g/mol. The topological polar surface area (TPSA) is 33.2 Å². The molecule has 1 aliphatic rings. The number of hydrogen-bond donors (Lipinski definition) is 0. The SMILES string of the molecule is O=C(CCCc1ccccc1)N(Cc1ccccn1)C1CCCCC1. The minimum Gasteiger partial charge on any atom is -0.334 e. The fourth-order valence-electron chi connectivity index (χ4n) is 3.71. The smallest absolute Gasteiger partial charge is 0.223 e. The molecule has 0 spiro atoms. The zero-order valence-electron chi connectivity index (χ0n) is 14.9. The highest BCUT2D eigenvalue weighted by molar-refractivity contribution is 5.76. The molecule has 0 aliphatic heterocycles. The number of hydrogen-bond acceptors (Lipinski definition) is 2. The molecular weight excluding hydrogens is 308 g/mol. The van der Waals surface area contributed by atoms with Crippen LogP contribution in [0.2, 0.25) is 0 Å². The van der Waals surface area contributed by atoms with Gasteiger partial charge in [0.25, 0.3) is 0 Å². The highest BCUT2D eigenvalue weighted by atomic mass is 16.2. The van der Waals surface area contributed by atoms with Gasteiger partial charge in [0.2, 0.25) is 5.91 Å². The molecule has 132 valence electrons. The molecule has 0 radical (unpaired) electrons. The fourth-order valence-corrected chi connectivity index (χ4v) is 3.71. The summed E-state index contributed by atoms with van der Waals surface area (Å²) in [5.74, 6) is 0.286. The highest BCUT2D eigenvalue weighted by Crippen LogP contribution is 2.25. The Balaban J connectivity index is 1.60. The molecule has 1 saturated carbocycles. The van der Waals surface area contributed by atoms with E-state index in [-0.39, 0.29) is 5.91 Å². The van der Waals surface area contributed by atoms with Crippen molar-refractivity contribution in [3.63, 3.8) is 0 Å². The zero-order valence-corrected chi connectivity index (χ0v) is 14.9. The van der Waals surface area contributed by atoms with Crippen molar-refractivity contribution >= 4 is 5.91 Å². The lowest BCUT2D eigenvalue weighted by Gasteiger charge is -2.34. The minimum atomic E-state index is 0.286. The van der Waals surface area contributed by atoms with Crippen LogP contribution in [0.25, 0.3) is 0 Å². The standard InChI is InChI=1S/C22H28N2O/c25-22(16-9-12-19-10-3-1-4-11-19)24(21-14-5-2-6-15-21)18-20-13-7-8-17-23-20/h1,3-4,7-8,10-11,13,17,21H,2,5-6,9,12,14-16,18H2. The number of rotatable bonds is 7. The summed E-state index contributed by atoms with van der Waals surface area (Å²) in [6.45, 7) is 0.648. The predicted octanol–water partition coefficient (Wildman–Crippen LogP) is 4.77. The molecule has 1 fully saturated rings. The quantitative estimate of drug-likeness (QED) is 0.730. The average Bonchev–Trinajstić information content (AvgIpc) is 2.68. The van der Waals surface area contributed by atoms with Gasteiger partial charge in [-0.15, -0.1) is 0 Å². The summed E-state index contributed by atoms with van der Waals surface area (Å²) in [6, 6.07) is 16.8. The molecule has 1 aromatic carbocycles. The first-order valence-corrected chi connectivity index (χ1v) is 9.56. The van der Waals surface area contributed by atoms with Crippen LogP contribution < -0.4 is 0 Å². The zero-order chi connectivity index (χ0) is 17.3. The van der Waals surface area contributed by atoms with Crippen molar-refractivity contribution in [3.05, 3.63) is 66.0 Å². The third kappa shape index (κ3) is 5.42. The van der Waals surface area contributed by atoms with Crippen molar-refractivity contribution in [3.8, 4) is 0 Å². The van der Waals surface area contributed by atoms with Crippen molar-refractivity contribution in [1.29, 1.82) is 0 Å². The van der Waals surface area contributed by atoms with E-state index in [0.717, 1.165) is 31.4 Å². The summed E-state index contributed by atoms with van der Waals surface area (Å²) in [6.07, 6.45) is 10.4. The summed E-state index contributed by atoms with van der Waals surface area (Å²) in [4.78, 5) is 19.5. The summed E-state index contributed by atoms with van der Waals surface area (Å²) < 4.78 is 0. The molecule has 0 N–H and O–H groups in total. The van der Waals surface area contributed by atoms with Gasteiger partial charge in [0.1, 0.15) is 0 Å². The molecule has 0 bridgehead atoms. The molecule has 1 aliphatic carbocycles. The number of carbonyl (C=O) groups is 1. The maximum atomic E-state index is 12.9. The maximum absolute atomic E-state index is 12.9. The highest BCUT2D eigenvalue weighted by Gasteiger charge is 2.25. The van der Waals surface area contributed by atoms with Crippen molar-refractivity contribution in [2.45, 2.75) is 64.0 Å². The number of pyridine rings is 1. The lowest BCUT2D eigenvalue weighted by molar-refractivity contribution is -0.135. The van der Waals surface area contributed by atoms with Crippen LogP contribution in [-0.4, -0.2) is 21.8 Å². The van der Waals surface area contributed by atoms with E-state index >= 15 is 0 Å². The molecule has 0 atom stereocenters. The Morgan fingerprint density at radius 3 is 2.48 bits per heavy atom.